The van der Waals surface area contributed by atoms with Gasteiger partial charge in [0, 0.05) is 37.0 Å². The van der Waals surface area contributed by atoms with Gasteiger partial charge >= 0.3 is 0 Å². The second-order valence-corrected chi connectivity index (χ2v) is 7.64. The molecule has 0 bridgehead atoms. The van der Waals surface area contributed by atoms with E-state index in [2.05, 4.69) is 17.4 Å². The van der Waals surface area contributed by atoms with Crippen LogP contribution in [-0.2, 0) is 15.0 Å². The van der Waals surface area contributed by atoms with Crippen LogP contribution in [0.2, 0.25) is 0 Å². The normalized spacial score (nSPS) is 32.5. The maximum atomic E-state index is 12.5. The predicted molar refractivity (Wildman–Crippen MR) is 91.2 cm³/mol. The van der Waals surface area contributed by atoms with Gasteiger partial charge in [-0.15, -0.1) is 0 Å². The number of hydrogen-bond donors (Lipinski definition) is 2. The molecular formula is C19H25N3O2. The van der Waals surface area contributed by atoms with Crippen molar-refractivity contribution in [1.29, 1.82) is 0 Å². The van der Waals surface area contributed by atoms with Crippen molar-refractivity contribution < 1.29 is 9.59 Å². The molecule has 24 heavy (non-hydrogen) atoms. The zero-order valence-electron chi connectivity index (χ0n) is 13.9. The molecular weight excluding hydrogens is 302 g/mol. The Kier molecular flexibility index (Phi) is 3.83. The molecule has 0 aromatic heterocycles. The molecule has 1 aromatic carbocycles. The summed E-state index contributed by atoms with van der Waals surface area (Å²) in [5.74, 6) is 0.00438. The van der Waals surface area contributed by atoms with Crippen molar-refractivity contribution in [2.24, 2.45) is 11.7 Å². The number of likely N-dealkylation sites (tertiary alicyclic amines) is 1. The zero-order chi connectivity index (χ0) is 16.7. The summed E-state index contributed by atoms with van der Waals surface area (Å²) < 4.78 is 0. The number of rotatable bonds is 5. The Labute approximate surface area is 142 Å². The van der Waals surface area contributed by atoms with Gasteiger partial charge in [-0.25, -0.2) is 0 Å². The minimum atomic E-state index is -0.178. The first-order chi connectivity index (χ1) is 11.6. The third kappa shape index (κ3) is 2.71. The molecule has 1 atom stereocenters. The minimum Gasteiger partial charge on any atom is -0.353 e. The van der Waals surface area contributed by atoms with Crippen molar-refractivity contribution in [2.45, 2.75) is 49.6 Å². The summed E-state index contributed by atoms with van der Waals surface area (Å²) in [6.07, 6.45) is 4.33. The summed E-state index contributed by atoms with van der Waals surface area (Å²) in [5.41, 5.74) is 7.28. The lowest BCUT2D eigenvalue weighted by Gasteiger charge is -2.48. The van der Waals surface area contributed by atoms with Crippen LogP contribution < -0.4 is 11.1 Å². The van der Waals surface area contributed by atoms with Crippen LogP contribution in [0.3, 0.4) is 0 Å². The first-order valence-corrected chi connectivity index (χ1v) is 8.97. The van der Waals surface area contributed by atoms with Crippen molar-refractivity contribution in [1.82, 2.24) is 10.2 Å². The van der Waals surface area contributed by atoms with Crippen molar-refractivity contribution >= 4 is 11.8 Å². The van der Waals surface area contributed by atoms with Crippen LogP contribution in [0.15, 0.2) is 30.3 Å². The van der Waals surface area contributed by atoms with Gasteiger partial charge in [0.15, 0.2) is 0 Å². The fraction of sp³-hybridized carbons (Fsp3) is 0.579. The third-order valence-corrected chi connectivity index (χ3v) is 5.91. The number of carbonyl (C=O) groups excluding carboxylic acids is 2. The van der Waals surface area contributed by atoms with E-state index in [0.29, 0.717) is 25.6 Å². The van der Waals surface area contributed by atoms with Crippen LogP contribution in [0.5, 0.6) is 0 Å². The molecule has 5 heteroatoms. The number of nitrogens with one attached hydrogen (secondary N) is 1. The molecule has 0 spiro atoms. The summed E-state index contributed by atoms with van der Waals surface area (Å²) in [6.45, 7) is 1.20. The number of hydrogen-bond acceptors (Lipinski definition) is 3. The van der Waals surface area contributed by atoms with Gasteiger partial charge in [-0.2, -0.15) is 0 Å². The number of nitrogens with zero attached hydrogens (tertiary/aromatic N) is 1. The molecule has 5 nitrogen and oxygen atoms in total. The highest BCUT2D eigenvalue weighted by Crippen LogP contribution is 2.43. The van der Waals surface area contributed by atoms with Crippen molar-refractivity contribution in [3.63, 3.8) is 0 Å². The summed E-state index contributed by atoms with van der Waals surface area (Å²) in [6, 6.07) is 10.9. The lowest BCUT2D eigenvalue weighted by molar-refractivity contribution is -0.129. The largest absolute Gasteiger partial charge is 0.353 e. The van der Waals surface area contributed by atoms with Gasteiger partial charge < -0.3 is 16.0 Å². The Bertz CT molecular complexity index is 635. The van der Waals surface area contributed by atoms with E-state index in [4.69, 9.17) is 5.73 Å². The van der Waals surface area contributed by atoms with Crippen LogP contribution in [-0.4, -0.2) is 41.9 Å². The van der Waals surface area contributed by atoms with Crippen LogP contribution >= 0.6 is 0 Å². The number of benzene rings is 1. The fourth-order valence-corrected chi connectivity index (χ4v) is 4.26. The van der Waals surface area contributed by atoms with Gasteiger partial charge in [-0.05, 0) is 31.2 Å². The average molecular weight is 327 g/mol. The van der Waals surface area contributed by atoms with E-state index < -0.39 is 0 Å². The summed E-state index contributed by atoms with van der Waals surface area (Å²) in [7, 11) is 0. The lowest BCUT2D eigenvalue weighted by Crippen LogP contribution is -2.57. The molecule has 2 amide bonds. The second-order valence-electron chi connectivity index (χ2n) is 7.64. The summed E-state index contributed by atoms with van der Waals surface area (Å²) in [4.78, 5) is 26.4. The van der Waals surface area contributed by atoms with Crippen LogP contribution in [0.4, 0.5) is 0 Å². The van der Waals surface area contributed by atoms with Gasteiger partial charge in [0.2, 0.25) is 11.8 Å². The molecule has 1 aromatic rings. The van der Waals surface area contributed by atoms with Crippen LogP contribution in [0, 0.1) is 5.92 Å². The van der Waals surface area contributed by atoms with E-state index in [0.717, 1.165) is 25.7 Å². The lowest BCUT2D eigenvalue weighted by atomic mass is 9.61. The molecule has 2 saturated carbocycles. The van der Waals surface area contributed by atoms with E-state index >= 15 is 0 Å². The minimum absolute atomic E-state index is 0.00918. The third-order valence-electron chi connectivity index (χ3n) is 5.91. The fourth-order valence-electron chi connectivity index (χ4n) is 4.26. The molecule has 1 aliphatic heterocycles. The number of carbonyl (C=O) groups is 2. The van der Waals surface area contributed by atoms with E-state index in [1.165, 1.54) is 5.56 Å². The molecule has 1 unspecified atom stereocenters. The van der Waals surface area contributed by atoms with Gasteiger partial charge in [0.1, 0.15) is 0 Å². The molecule has 0 radical (unpaired) electrons. The molecule has 3 aliphatic rings. The Morgan fingerprint density at radius 3 is 2.58 bits per heavy atom. The topological polar surface area (TPSA) is 75.4 Å². The average Bonchev–Trinajstić information content (AvgIpc) is 3.33. The number of amides is 2. The Hall–Kier alpha value is -1.88. The molecule has 3 fully saturated rings. The predicted octanol–water partition coefficient (Wildman–Crippen LogP) is 1.17. The standard InChI is InChI=1S/C19H25N3O2/c20-12-19(14-4-2-1-3-5-14)9-15(10-19)21-18(24)13-8-17(23)22(11-13)16-6-7-16/h1-5,13,15-16H,6-12,20H2,(H,21,24). The highest BCUT2D eigenvalue weighted by atomic mass is 16.2. The monoisotopic (exact) mass is 327 g/mol. The van der Waals surface area contributed by atoms with Crippen LogP contribution in [0.25, 0.3) is 0 Å². The van der Waals surface area contributed by atoms with E-state index in [-0.39, 0.29) is 29.2 Å². The first kappa shape index (κ1) is 15.6. The van der Waals surface area contributed by atoms with Gasteiger partial charge in [-0.1, -0.05) is 30.3 Å². The van der Waals surface area contributed by atoms with Crippen molar-refractivity contribution in [3.8, 4) is 0 Å². The van der Waals surface area contributed by atoms with Gasteiger partial charge in [0.25, 0.3) is 0 Å². The maximum absolute atomic E-state index is 12.5. The number of nitrogens with two attached hydrogens (primary N) is 1. The van der Waals surface area contributed by atoms with Gasteiger partial charge in [0.05, 0.1) is 5.92 Å². The quantitative estimate of drug-likeness (QED) is 0.852. The zero-order valence-corrected chi connectivity index (χ0v) is 13.9. The van der Waals surface area contributed by atoms with E-state index in [1.54, 1.807) is 0 Å². The SMILES string of the molecule is NCC1(c2ccccc2)CC(NC(=O)C2CC(=O)N(C3CC3)C2)C1. The van der Waals surface area contributed by atoms with Crippen molar-refractivity contribution in [3.05, 3.63) is 35.9 Å². The molecule has 2 aliphatic carbocycles. The molecule has 1 heterocycles. The highest BCUT2D eigenvalue weighted by Gasteiger charge is 2.47. The van der Waals surface area contributed by atoms with Crippen LogP contribution in [0.1, 0.15) is 37.7 Å². The molecule has 1 saturated heterocycles. The molecule has 4 rings (SSSR count). The van der Waals surface area contributed by atoms with Gasteiger partial charge in [-0.3, -0.25) is 9.59 Å². The Balaban J connectivity index is 1.33. The Morgan fingerprint density at radius 1 is 1.25 bits per heavy atom. The maximum Gasteiger partial charge on any atom is 0.225 e. The molecule has 128 valence electrons. The molecule has 3 N–H and O–H groups in total. The Morgan fingerprint density at radius 2 is 1.96 bits per heavy atom. The summed E-state index contributed by atoms with van der Waals surface area (Å²) in [5, 5.41) is 3.14. The first-order valence-electron chi connectivity index (χ1n) is 8.97. The summed E-state index contributed by atoms with van der Waals surface area (Å²) >= 11 is 0. The second kappa shape index (κ2) is 5.88. The van der Waals surface area contributed by atoms with Crippen molar-refractivity contribution in [2.75, 3.05) is 13.1 Å². The highest BCUT2D eigenvalue weighted by molar-refractivity contribution is 5.89. The smallest absolute Gasteiger partial charge is 0.225 e. The van der Waals surface area contributed by atoms with E-state index in [1.807, 2.05) is 23.1 Å². The van der Waals surface area contributed by atoms with E-state index in [9.17, 15) is 9.59 Å².